The Morgan fingerprint density at radius 2 is 2.05 bits per heavy atom. The van der Waals surface area contributed by atoms with Crippen molar-refractivity contribution >= 4 is 0 Å². The molecule has 1 aromatic carbocycles. The molecule has 2 N–H and O–H groups in total. The molecule has 1 aliphatic rings. The van der Waals surface area contributed by atoms with Gasteiger partial charge in [-0.15, -0.1) is 0 Å². The molecule has 2 atom stereocenters. The lowest BCUT2D eigenvalue weighted by molar-refractivity contribution is 0.319. The first-order valence-electron chi connectivity index (χ1n) is 6.64. The number of hydrogen-bond donors (Lipinski definition) is 1. The van der Waals surface area contributed by atoms with Gasteiger partial charge in [-0.1, -0.05) is 19.1 Å². The van der Waals surface area contributed by atoms with Gasteiger partial charge in [0.2, 0.25) is 0 Å². The van der Waals surface area contributed by atoms with Crippen molar-refractivity contribution in [3.05, 3.63) is 42.5 Å². The number of hydrogen-bond acceptors (Lipinski definition) is 4. The van der Waals surface area contributed by atoms with E-state index in [1.165, 1.54) is 5.56 Å². The van der Waals surface area contributed by atoms with Crippen LogP contribution in [0.4, 0.5) is 0 Å². The monoisotopic (exact) mass is 257 g/mol. The summed E-state index contributed by atoms with van der Waals surface area (Å²) in [6.45, 7) is 5.27. The largest absolute Gasteiger partial charge is 0.326 e. The number of nitrogens with zero attached hydrogens (tertiary/aromatic N) is 4. The van der Waals surface area contributed by atoms with Gasteiger partial charge in [0.1, 0.15) is 12.7 Å². The van der Waals surface area contributed by atoms with Crippen molar-refractivity contribution in [1.82, 2.24) is 19.7 Å². The average Bonchev–Trinajstić information content (AvgIpc) is 3.02. The topological polar surface area (TPSA) is 60.0 Å². The standard InChI is InChI=1S/C14H19N5/c1-11-6-18(8-14(11)15)7-12-2-4-13(5-3-12)19-10-16-9-17-19/h2-5,9-11,14H,6-8,15H2,1H3. The van der Waals surface area contributed by atoms with Crippen molar-refractivity contribution in [2.45, 2.75) is 19.5 Å². The van der Waals surface area contributed by atoms with Gasteiger partial charge >= 0.3 is 0 Å². The molecule has 2 heterocycles. The molecule has 0 saturated carbocycles. The van der Waals surface area contributed by atoms with E-state index >= 15 is 0 Å². The van der Waals surface area contributed by atoms with Crippen LogP contribution in [0.25, 0.3) is 5.69 Å². The number of nitrogens with two attached hydrogens (primary N) is 1. The van der Waals surface area contributed by atoms with E-state index in [2.05, 4.69) is 46.2 Å². The molecule has 5 nitrogen and oxygen atoms in total. The van der Waals surface area contributed by atoms with Crippen molar-refractivity contribution in [2.24, 2.45) is 11.7 Å². The van der Waals surface area contributed by atoms with Gasteiger partial charge in [0.05, 0.1) is 5.69 Å². The summed E-state index contributed by atoms with van der Waals surface area (Å²) in [6.07, 6.45) is 3.25. The summed E-state index contributed by atoms with van der Waals surface area (Å²) in [4.78, 5) is 6.37. The molecule has 1 fully saturated rings. The van der Waals surface area contributed by atoms with E-state index in [1.807, 2.05) is 0 Å². The Labute approximate surface area is 113 Å². The number of rotatable bonds is 3. The maximum Gasteiger partial charge on any atom is 0.138 e. The van der Waals surface area contributed by atoms with Crippen molar-refractivity contribution in [3.63, 3.8) is 0 Å². The Morgan fingerprint density at radius 1 is 1.26 bits per heavy atom. The van der Waals surface area contributed by atoms with Crippen molar-refractivity contribution in [2.75, 3.05) is 13.1 Å². The van der Waals surface area contributed by atoms with Crippen LogP contribution >= 0.6 is 0 Å². The number of likely N-dealkylation sites (tertiary alicyclic amines) is 1. The minimum Gasteiger partial charge on any atom is -0.326 e. The van der Waals surface area contributed by atoms with Crippen LogP contribution in [0, 0.1) is 5.92 Å². The second kappa shape index (κ2) is 5.11. The lowest BCUT2D eigenvalue weighted by atomic mass is 10.1. The molecule has 0 bridgehead atoms. The third-order valence-corrected chi connectivity index (χ3v) is 3.77. The van der Waals surface area contributed by atoms with Gasteiger partial charge < -0.3 is 5.73 Å². The van der Waals surface area contributed by atoms with E-state index in [9.17, 15) is 0 Å². The van der Waals surface area contributed by atoms with Crippen molar-refractivity contribution in [1.29, 1.82) is 0 Å². The summed E-state index contributed by atoms with van der Waals surface area (Å²) in [5.41, 5.74) is 8.40. The Morgan fingerprint density at radius 3 is 2.63 bits per heavy atom. The van der Waals surface area contributed by atoms with E-state index in [1.54, 1.807) is 17.3 Å². The molecule has 0 amide bonds. The van der Waals surface area contributed by atoms with E-state index in [-0.39, 0.29) is 0 Å². The molecule has 1 aliphatic heterocycles. The van der Waals surface area contributed by atoms with Gasteiger partial charge in [-0.25, -0.2) is 9.67 Å². The Hall–Kier alpha value is -1.72. The lowest BCUT2D eigenvalue weighted by Gasteiger charge is -2.15. The first-order chi connectivity index (χ1) is 9.22. The zero-order valence-electron chi connectivity index (χ0n) is 11.1. The highest BCUT2D eigenvalue weighted by Crippen LogP contribution is 2.18. The maximum atomic E-state index is 6.05. The Balaban J connectivity index is 1.67. The van der Waals surface area contributed by atoms with Gasteiger partial charge in [-0.3, -0.25) is 4.90 Å². The molecule has 5 heteroatoms. The summed E-state index contributed by atoms with van der Waals surface area (Å²) in [6, 6.07) is 8.75. The zero-order chi connectivity index (χ0) is 13.2. The molecule has 3 rings (SSSR count). The third kappa shape index (κ3) is 2.67. The molecule has 19 heavy (non-hydrogen) atoms. The zero-order valence-corrected chi connectivity index (χ0v) is 11.1. The molecule has 100 valence electrons. The van der Waals surface area contributed by atoms with E-state index in [0.29, 0.717) is 12.0 Å². The number of aromatic nitrogens is 3. The Kier molecular flexibility index (Phi) is 3.31. The van der Waals surface area contributed by atoms with Crippen LogP contribution < -0.4 is 5.73 Å². The second-order valence-corrected chi connectivity index (χ2v) is 5.34. The van der Waals surface area contributed by atoms with Crippen LogP contribution in [0.3, 0.4) is 0 Å². The SMILES string of the molecule is CC1CN(Cc2ccc(-n3cncn3)cc2)CC1N. The molecule has 2 aromatic rings. The number of benzene rings is 1. The highest BCUT2D eigenvalue weighted by Gasteiger charge is 2.26. The fourth-order valence-electron chi connectivity index (χ4n) is 2.58. The predicted molar refractivity (Wildman–Crippen MR) is 73.8 cm³/mol. The third-order valence-electron chi connectivity index (χ3n) is 3.77. The Bertz CT molecular complexity index is 509. The summed E-state index contributed by atoms with van der Waals surface area (Å²) in [5, 5.41) is 4.12. The van der Waals surface area contributed by atoms with Gasteiger partial charge in [-0.05, 0) is 23.6 Å². The molecule has 1 saturated heterocycles. The van der Waals surface area contributed by atoms with E-state index in [0.717, 1.165) is 25.3 Å². The van der Waals surface area contributed by atoms with Crippen LogP contribution in [0.1, 0.15) is 12.5 Å². The van der Waals surface area contributed by atoms with E-state index < -0.39 is 0 Å². The van der Waals surface area contributed by atoms with E-state index in [4.69, 9.17) is 5.73 Å². The normalized spacial score (nSPS) is 23.9. The molecule has 2 unspecified atom stereocenters. The highest BCUT2D eigenvalue weighted by molar-refractivity contribution is 5.33. The molecule has 0 aliphatic carbocycles. The molecule has 1 aromatic heterocycles. The van der Waals surface area contributed by atoms with Gasteiger partial charge in [-0.2, -0.15) is 5.10 Å². The first-order valence-corrected chi connectivity index (χ1v) is 6.64. The quantitative estimate of drug-likeness (QED) is 0.892. The van der Waals surface area contributed by atoms with Gasteiger partial charge in [0, 0.05) is 25.7 Å². The lowest BCUT2D eigenvalue weighted by Crippen LogP contribution is -2.28. The fourth-order valence-corrected chi connectivity index (χ4v) is 2.58. The molecule has 0 spiro atoms. The summed E-state index contributed by atoms with van der Waals surface area (Å²) < 4.78 is 1.76. The minimum absolute atomic E-state index is 0.314. The molecular formula is C14H19N5. The summed E-state index contributed by atoms with van der Waals surface area (Å²) in [7, 11) is 0. The summed E-state index contributed by atoms with van der Waals surface area (Å²) >= 11 is 0. The van der Waals surface area contributed by atoms with Gasteiger partial charge in [0.25, 0.3) is 0 Å². The second-order valence-electron chi connectivity index (χ2n) is 5.34. The highest BCUT2D eigenvalue weighted by atomic mass is 15.3. The first kappa shape index (κ1) is 12.3. The van der Waals surface area contributed by atoms with Crippen LogP contribution in [0.5, 0.6) is 0 Å². The van der Waals surface area contributed by atoms with Crippen LogP contribution in [0.15, 0.2) is 36.9 Å². The average molecular weight is 257 g/mol. The predicted octanol–water partition coefficient (Wildman–Crippen LogP) is 1.05. The fraction of sp³-hybridized carbons (Fsp3) is 0.429. The molecular weight excluding hydrogens is 238 g/mol. The van der Waals surface area contributed by atoms with Crippen molar-refractivity contribution in [3.8, 4) is 5.69 Å². The van der Waals surface area contributed by atoms with Crippen LogP contribution in [0.2, 0.25) is 0 Å². The minimum atomic E-state index is 0.314. The van der Waals surface area contributed by atoms with Gasteiger partial charge in [0.15, 0.2) is 0 Å². The summed E-state index contributed by atoms with van der Waals surface area (Å²) in [5.74, 6) is 0.592. The van der Waals surface area contributed by atoms with Crippen LogP contribution in [-0.2, 0) is 6.54 Å². The van der Waals surface area contributed by atoms with Crippen molar-refractivity contribution < 1.29 is 0 Å². The van der Waals surface area contributed by atoms with Crippen LogP contribution in [-0.4, -0.2) is 38.8 Å². The maximum absolute atomic E-state index is 6.05. The smallest absolute Gasteiger partial charge is 0.138 e. The molecule has 0 radical (unpaired) electrons.